The number of para-hydroxylation sites is 1. The zero-order chi connectivity index (χ0) is 24.8. The SMILES string of the molecule is CC(C)(CO)CCCNC(=O)C1C(c2ccc(F)cc2)NN(c2ccccc2)C1c1ccccc1. The molecule has 184 valence electrons. The summed E-state index contributed by atoms with van der Waals surface area (Å²) in [6, 6.07) is 25.7. The van der Waals surface area contributed by atoms with Crippen molar-refractivity contribution in [3.05, 3.63) is 102 Å². The van der Waals surface area contributed by atoms with E-state index in [0.717, 1.165) is 29.7 Å². The van der Waals surface area contributed by atoms with Gasteiger partial charge in [0.2, 0.25) is 5.91 Å². The van der Waals surface area contributed by atoms with Gasteiger partial charge in [0.1, 0.15) is 5.82 Å². The molecule has 0 bridgehead atoms. The highest BCUT2D eigenvalue weighted by atomic mass is 19.1. The summed E-state index contributed by atoms with van der Waals surface area (Å²) in [5.41, 5.74) is 6.22. The minimum absolute atomic E-state index is 0.0547. The molecule has 0 spiro atoms. The fraction of sp³-hybridized carbons (Fsp3) is 0.345. The maximum atomic E-state index is 13.7. The van der Waals surface area contributed by atoms with E-state index in [1.54, 1.807) is 12.1 Å². The second kappa shape index (κ2) is 11.0. The third-order valence-corrected chi connectivity index (χ3v) is 6.72. The van der Waals surface area contributed by atoms with Crippen LogP contribution < -0.4 is 15.8 Å². The maximum Gasteiger partial charge on any atom is 0.227 e. The van der Waals surface area contributed by atoms with Crippen LogP contribution in [0.25, 0.3) is 0 Å². The lowest BCUT2D eigenvalue weighted by Crippen LogP contribution is -2.37. The van der Waals surface area contributed by atoms with Gasteiger partial charge in [0.25, 0.3) is 0 Å². The number of hydrogen-bond donors (Lipinski definition) is 3. The third-order valence-electron chi connectivity index (χ3n) is 6.72. The van der Waals surface area contributed by atoms with Gasteiger partial charge < -0.3 is 10.4 Å². The fourth-order valence-corrected chi connectivity index (χ4v) is 4.71. The molecule has 3 N–H and O–H groups in total. The molecule has 35 heavy (non-hydrogen) atoms. The Morgan fingerprint density at radius 2 is 1.60 bits per heavy atom. The Labute approximate surface area is 207 Å². The third kappa shape index (κ3) is 5.89. The van der Waals surface area contributed by atoms with Crippen LogP contribution >= 0.6 is 0 Å². The molecule has 3 unspecified atom stereocenters. The first-order valence-corrected chi connectivity index (χ1v) is 12.2. The molecule has 0 aliphatic carbocycles. The summed E-state index contributed by atoms with van der Waals surface area (Å²) in [5.74, 6) is -0.811. The number of halogens is 1. The molecule has 3 aromatic rings. The first-order chi connectivity index (χ1) is 16.9. The van der Waals surface area contributed by atoms with Crippen LogP contribution in [0.1, 0.15) is 49.9 Å². The zero-order valence-electron chi connectivity index (χ0n) is 20.3. The minimum atomic E-state index is -0.450. The number of rotatable bonds is 9. The molecule has 3 aromatic carbocycles. The summed E-state index contributed by atoms with van der Waals surface area (Å²) in [6.45, 7) is 4.68. The van der Waals surface area contributed by atoms with Crippen LogP contribution in [0.5, 0.6) is 0 Å². The van der Waals surface area contributed by atoms with Crippen molar-refractivity contribution in [1.29, 1.82) is 0 Å². The molecular weight excluding hydrogens is 441 g/mol. The molecule has 5 nitrogen and oxygen atoms in total. The largest absolute Gasteiger partial charge is 0.396 e. The Morgan fingerprint density at radius 1 is 0.971 bits per heavy atom. The quantitative estimate of drug-likeness (QED) is 0.374. The lowest BCUT2D eigenvalue weighted by Gasteiger charge is -2.29. The molecule has 0 radical (unpaired) electrons. The predicted molar refractivity (Wildman–Crippen MR) is 137 cm³/mol. The van der Waals surface area contributed by atoms with Gasteiger partial charge in [-0.2, -0.15) is 0 Å². The van der Waals surface area contributed by atoms with Crippen molar-refractivity contribution in [1.82, 2.24) is 10.7 Å². The van der Waals surface area contributed by atoms with E-state index in [1.807, 2.05) is 74.5 Å². The molecule has 3 atom stereocenters. The van der Waals surface area contributed by atoms with Crippen LogP contribution in [0.15, 0.2) is 84.9 Å². The van der Waals surface area contributed by atoms with Gasteiger partial charge in [-0.05, 0) is 53.6 Å². The molecule has 6 heteroatoms. The lowest BCUT2D eigenvalue weighted by atomic mass is 9.84. The van der Waals surface area contributed by atoms with Crippen molar-refractivity contribution >= 4 is 11.6 Å². The highest BCUT2D eigenvalue weighted by Crippen LogP contribution is 2.44. The number of carbonyl (C=O) groups excluding carboxylic acids is 1. The Bertz CT molecular complexity index is 1090. The molecule has 1 heterocycles. The van der Waals surface area contributed by atoms with E-state index in [1.165, 1.54) is 12.1 Å². The lowest BCUT2D eigenvalue weighted by molar-refractivity contribution is -0.125. The molecule has 4 rings (SSSR count). The van der Waals surface area contributed by atoms with Crippen molar-refractivity contribution in [3.8, 4) is 0 Å². The van der Waals surface area contributed by atoms with E-state index in [2.05, 4.69) is 15.8 Å². The second-order valence-electron chi connectivity index (χ2n) is 9.96. The average molecular weight is 476 g/mol. The van der Waals surface area contributed by atoms with Crippen LogP contribution in [-0.2, 0) is 4.79 Å². The highest BCUT2D eigenvalue weighted by Gasteiger charge is 2.47. The smallest absolute Gasteiger partial charge is 0.227 e. The highest BCUT2D eigenvalue weighted by molar-refractivity contribution is 5.82. The normalized spacial score (nSPS) is 20.1. The number of benzene rings is 3. The van der Waals surface area contributed by atoms with Gasteiger partial charge in [-0.1, -0.05) is 74.5 Å². The molecule has 0 aromatic heterocycles. The number of hydrazine groups is 1. The number of aliphatic hydroxyl groups excluding tert-OH is 1. The number of nitrogens with one attached hydrogen (secondary N) is 2. The summed E-state index contributed by atoms with van der Waals surface area (Å²) >= 11 is 0. The summed E-state index contributed by atoms with van der Waals surface area (Å²) in [6.07, 6.45) is 1.59. The van der Waals surface area contributed by atoms with Gasteiger partial charge in [-0.25, -0.2) is 9.82 Å². The average Bonchev–Trinajstić information content (AvgIpc) is 3.29. The molecule has 1 saturated heterocycles. The van der Waals surface area contributed by atoms with Crippen LogP contribution in [0.2, 0.25) is 0 Å². The Kier molecular flexibility index (Phi) is 7.83. The number of carbonyl (C=O) groups is 1. The maximum absolute atomic E-state index is 13.7. The van der Waals surface area contributed by atoms with E-state index >= 15 is 0 Å². The zero-order valence-corrected chi connectivity index (χ0v) is 20.3. The van der Waals surface area contributed by atoms with Crippen molar-refractivity contribution < 1.29 is 14.3 Å². The summed E-state index contributed by atoms with van der Waals surface area (Å²) in [5, 5.41) is 14.7. The molecular formula is C29H34FN3O2. The van der Waals surface area contributed by atoms with E-state index in [-0.39, 0.29) is 35.8 Å². The summed E-state index contributed by atoms with van der Waals surface area (Å²) in [7, 11) is 0. The van der Waals surface area contributed by atoms with Crippen molar-refractivity contribution in [2.45, 2.75) is 38.8 Å². The molecule has 0 saturated carbocycles. The molecule has 1 amide bonds. The Balaban J connectivity index is 1.67. The Hall–Kier alpha value is -3.22. The standard InChI is InChI=1S/C29H34FN3O2/c1-29(2,20-34)18-9-19-31-28(35)25-26(21-14-16-23(30)17-15-21)32-33(24-12-7-4-8-13-24)27(25)22-10-5-3-6-11-22/h3-8,10-17,25-27,32,34H,9,18-20H2,1-2H3,(H,31,35). The fourth-order valence-electron chi connectivity index (χ4n) is 4.71. The molecule has 1 fully saturated rings. The minimum Gasteiger partial charge on any atom is -0.396 e. The van der Waals surface area contributed by atoms with Crippen LogP contribution in [-0.4, -0.2) is 24.2 Å². The van der Waals surface area contributed by atoms with Gasteiger partial charge in [-0.3, -0.25) is 9.80 Å². The van der Waals surface area contributed by atoms with Gasteiger partial charge in [0, 0.05) is 13.2 Å². The van der Waals surface area contributed by atoms with E-state index in [0.29, 0.717) is 6.54 Å². The topological polar surface area (TPSA) is 64.6 Å². The Morgan fingerprint density at radius 3 is 2.23 bits per heavy atom. The summed E-state index contributed by atoms with van der Waals surface area (Å²) in [4.78, 5) is 13.7. The van der Waals surface area contributed by atoms with Gasteiger partial charge in [0.15, 0.2) is 0 Å². The van der Waals surface area contributed by atoms with Crippen LogP contribution in [0.3, 0.4) is 0 Å². The number of anilines is 1. The predicted octanol–water partition coefficient (Wildman–Crippen LogP) is 5.16. The van der Waals surface area contributed by atoms with Crippen molar-refractivity contribution in [3.63, 3.8) is 0 Å². The number of nitrogens with zero attached hydrogens (tertiary/aromatic N) is 1. The van der Waals surface area contributed by atoms with Gasteiger partial charge >= 0.3 is 0 Å². The molecule has 1 aliphatic heterocycles. The number of aliphatic hydroxyl groups is 1. The summed E-state index contributed by atoms with van der Waals surface area (Å²) < 4.78 is 13.7. The van der Waals surface area contributed by atoms with Crippen LogP contribution in [0.4, 0.5) is 10.1 Å². The van der Waals surface area contributed by atoms with Crippen molar-refractivity contribution in [2.75, 3.05) is 18.2 Å². The van der Waals surface area contributed by atoms with E-state index in [4.69, 9.17) is 0 Å². The second-order valence-corrected chi connectivity index (χ2v) is 9.96. The van der Waals surface area contributed by atoms with E-state index in [9.17, 15) is 14.3 Å². The monoisotopic (exact) mass is 475 g/mol. The number of hydrogen-bond acceptors (Lipinski definition) is 4. The van der Waals surface area contributed by atoms with Gasteiger partial charge in [0.05, 0.1) is 23.7 Å². The first kappa shape index (κ1) is 24.9. The van der Waals surface area contributed by atoms with Crippen molar-refractivity contribution in [2.24, 2.45) is 11.3 Å². The van der Waals surface area contributed by atoms with Crippen LogP contribution in [0, 0.1) is 17.2 Å². The van der Waals surface area contributed by atoms with Gasteiger partial charge in [-0.15, -0.1) is 0 Å². The first-order valence-electron chi connectivity index (χ1n) is 12.2. The van der Waals surface area contributed by atoms with E-state index < -0.39 is 5.92 Å². The molecule has 1 aliphatic rings. The number of amides is 1.